The fraction of sp³-hybridized carbons (Fsp3) is 0.0357. The second kappa shape index (κ2) is 7.24. The molecule has 5 rings (SSSR count). The summed E-state index contributed by atoms with van der Waals surface area (Å²) in [6.45, 7) is -0.814. The van der Waals surface area contributed by atoms with Crippen molar-refractivity contribution in [3.8, 4) is 6.07 Å². The van der Waals surface area contributed by atoms with Crippen LogP contribution in [-0.2, 0) is 0 Å². The first-order chi connectivity index (χ1) is 15.1. The molecular weight excluding hydrogens is 397 g/mol. The first-order valence-corrected chi connectivity index (χ1v) is 13.0. The Balaban J connectivity index is 1.98. The SMILES string of the molecule is CP(c1ccccc1)(c1ccccc1)(c1ccccc1)c1cc2ccc(C#N)cc2o1. The number of hydrogen-bond acceptors (Lipinski definition) is 2. The molecule has 0 atom stereocenters. The average molecular weight is 419 g/mol. The molecule has 3 heteroatoms. The summed E-state index contributed by atoms with van der Waals surface area (Å²) in [4.78, 5) is 0. The van der Waals surface area contributed by atoms with E-state index in [1.54, 1.807) is 0 Å². The van der Waals surface area contributed by atoms with E-state index in [9.17, 15) is 5.26 Å². The van der Waals surface area contributed by atoms with Crippen molar-refractivity contribution in [3.05, 3.63) is 121 Å². The molecule has 0 aliphatic carbocycles. The summed E-state index contributed by atoms with van der Waals surface area (Å²) in [7, 11) is 0. The molecule has 0 spiro atoms. The summed E-state index contributed by atoms with van der Waals surface area (Å²) < 4.78 is 6.65. The van der Waals surface area contributed by atoms with E-state index in [-0.39, 0.29) is 0 Å². The Labute approximate surface area is 182 Å². The summed E-state index contributed by atoms with van der Waals surface area (Å²) in [6, 6.07) is 42.1. The van der Waals surface area contributed by atoms with Crippen LogP contribution in [0.3, 0.4) is 0 Å². The predicted octanol–water partition coefficient (Wildman–Crippen LogP) is 5.09. The van der Waals surface area contributed by atoms with E-state index in [0.29, 0.717) is 5.56 Å². The van der Waals surface area contributed by atoms with Gasteiger partial charge in [0.05, 0.1) is 0 Å². The van der Waals surface area contributed by atoms with Gasteiger partial charge in [-0.25, -0.2) is 0 Å². The maximum atomic E-state index is 9.36. The molecule has 0 saturated carbocycles. The van der Waals surface area contributed by atoms with E-state index < -0.39 is 6.60 Å². The first-order valence-electron chi connectivity index (χ1n) is 10.3. The van der Waals surface area contributed by atoms with Crippen LogP contribution < -0.4 is 21.4 Å². The van der Waals surface area contributed by atoms with Gasteiger partial charge in [0.15, 0.2) is 0 Å². The number of fused-ring (bicyclic) bond motifs is 1. The zero-order valence-corrected chi connectivity index (χ0v) is 18.2. The van der Waals surface area contributed by atoms with Crippen molar-refractivity contribution >= 4 is 39.0 Å². The van der Waals surface area contributed by atoms with Gasteiger partial charge in [0.25, 0.3) is 0 Å². The van der Waals surface area contributed by atoms with E-state index in [1.807, 2.05) is 18.2 Å². The van der Waals surface area contributed by atoms with Crippen molar-refractivity contribution in [1.29, 1.82) is 5.26 Å². The van der Waals surface area contributed by atoms with Crippen molar-refractivity contribution in [2.75, 3.05) is 6.66 Å². The van der Waals surface area contributed by atoms with Crippen LogP contribution in [0.25, 0.3) is 11.0 Å². The number of hydrogen-bond donors (Lipinski definition) is 0. The number of nitriles is 1. The topological polar surface area (TPSA) is 36.9 Å². The standard InChI is InChI=1S/C28H22NOP/c1-31(24-11-5-2-6-12-24,25-13-7-3-8-14-25,26-15-9-4-10-16-26)28-20-23-18-17-22(21-29)19-27(23)30-28/h2-20H,1H3. The van der Waals surface area contributed by atoms with Gasteiger partial charge in [0.1, 0.15) is 0 Å². The second-order valence-corrected chi connectivity index (χ2v) is 13.1. The second-order valence-electron chi connectivity index (χ2n) is 8.02. The molecule has 0 bridgehead atoms. The molecule has 5 aromatic rings. The van der Waals surface area contributed by atoms with E-state index in [1.165, 1.54) is 15.9 Å². The van der Waals surface area contributed by atoms with E-state index in [0.717, 1.165) is 16.5 Å². The first kappa shape index (κ1) is 19.3. The number of rotatable bonds is 4. The van der Waals surface area contributed by atoms with Gasteiger partial charge in [-0.2, -0.15) is 0 Å². The van der Waals surface area contributed by atoms with Crippen molar-refractivity contribution < 1.29 is 4.42 Å². The Kier molecular flexibility index (Phi) is 4.51. The van der Waals surface area contributed by atoms with E-state index >= 15 is 0 Å². The number of furan rings is 1. The Morgan fingerprint density at radius 1 is 0.645 bits per heavy atom. The molecule has 150 valence electrons. The molecule has 0 saturated heterocycles. The van der Waals surface area contributed by atoms with Crippen molar-refractivity contribution in [2.45, 2.75) is 0 Å². The fourth-order valence-corrected chi connectivity index (χ4v) is 9.79. The molecule has 0 aliphatic rings. The number of benzene rings is 4. The Morgan fingerprint density at radius 2 is 1.13 bits per heavy atom. The van der Waals surface area contributed by atoms with E-state index in [2.05, 4.69) is 110 Å². The van der Waals surface area contributed by atoms with Crippen LogP contribution in [0, 0.1) is 11.3 Å². The molecule has 1 aromatic heterocycles. The zero-order chi connectivity index (χ0) is 21.3. The van der Waals surface area contributed by atoms with Crippen LogP contribution in [-0.4, -0.2) is 6.66 Å². The molecule has 0 fully saturated rings. The molecule has 0 unspecified atom stereocenters. The van der Waals surface area contributed by atoms with Gasteiger partial charge < -0.3 is 0 Å². The van der Waals surface area contributed by atoms with Gasteiger partial charge in [0.2, 0.25) is 0 Å². The van der Waals surface area contributed by atoms with Gasteiger partial charge in [-0.1, -0.05) is 0 Å². The summed E-state index contributed by atoms with van der Waals surface area (Å²) in [6.07, 6.45) is 0. The van der Waals surface area contributed by atoms with Crippen LogP contribution >= 0.6 is 6.60 Å². The summed E-state index contributed by atoms with van der Waals surface area (Å²) >= 11 is 0. The average Bonchev–Trinajstić information content (AvgIpc) is 3.29. The minimum atomic E-state index is -3.18. The number of nitrogens with zero attached hydrogens (tertiary/aromatic N) is 1. The fourth-order valence-electron chi connectivity index (χ4n) is 4.59. The normalized spacial score (nSPS) is 12.7. The van der Waals surface area contributed by atoms with Crippen LogP contribution in [0.4, 0.5) is 0 Å². The third-order valence-corrected chi connectivity index (χ3v) is 12.5. The van der Waals surface area contributed by atoms with Gasteiger partial charge in [-0.05, 0) is 0 Å². The molecule has 0 aliphatic heterocycles. The van der Waals surface area contributed by atoms with Crippen LogP contribution in [0.5, 0.6) is 0 Å². The van der Waals surface area contributed by atoms with E-state index in [4.69, 9.17) is 4.42 Å². The molecule has 31 heavy (non-hydrogen) atoms. The third-order valence-electron chi connectivity index (χ3n) is 6.39. The van der Waals surface area contributed by atoms with Crippen LogP contribution in [0.15, 0.2) is 120 Å². The molecule has 0 N–H and O–H groups in total. The Bertz CT molecular complexity index is 1300. The van der Waals surface area contributed by atoms with Crippen LogP contribution in [0.1, 0.15) is 5.56 Å². The van der Waals surface area contributed by atoms with Crippen molar-refractivity contribution in [2.24, 2.45) is 0 Å². The van der Waals surface area contributed by atoms with Gasteiger partial charge in [0, 0.05) is 0 Å². The third kappa shape index (κ3) is 2.75. The molecule has 2 nitrogen and oxygen atoms in total. The Morgan fingerprint density at radius 3 is 1.58 bits per heavy atom. The molecule has 4 aromatic carbocycles. The zero-order valence-electron chi connectivity index (χ0n) is 17.3. The Hall–Kier alpha value is -3.66. The molecule has 1 heterocycles. The molecule has 0 amide bonds. The summed E-state index contributed by atoms with van der Waals surface area (Å²) in [5.74, 6) is 0. The predicted molar refractivity (Wildman–Crippen MR) is 132 cm³/mol. The van der Waals surface area contributed by atoms with Gasteiger partial charge in [-0.15, -0.1) is 0 Å². The quantitative estimate of drug-likeness (QED) is 0.381. The molecule has 0 radical (unpaired) electrons. The van der Waals surface area contributed by atoms with Gasteiger partial charge >= 0.3 is 182 Å². The summed E-state index contributed by atoms with van der Waals surface area (Å²) in [5, 5.41) is 14.1. The van der Waals surface area contributed by atoms with Crippen LogP contribution in [0.2, 0.25) is 0 Å². The summed E-state index contributed by atoms with van der Waals surface area (Å²) in [5.41, 5.74) is 2.29. The minimum absolute atomic E-state index is 0.601. The monoisotopic (exact) mass is 419 g/mol. The van der Waals surface area contributed by atoms with Crippen molar-refractivity contribution in [1.82, 2.24) is 0 Å². The van der Waals surface area contributed by atoms with Crippen molar-refractivity contribution in [3.63, 3.8) is 0 Å². The maximum absolute atomic E-state index is 9.36. The molecular formula is C28H22NOP. The van der Waals surface area contributed by atoms with Gasteiger partial charge in [-0.3, -0.25) is 0 Å².